The zero-order chi connectivity index (χ0) is 26.0. The Kier molecular flexibility index (Phi) is 12.6. The summed E-state index contributed by atoms with van der Waals surface area (Å²) in [7, 11) is 0. The molecule has 4 fully saturated rings. The molecule has 0 aromatic heterocycles. The fourth-order valence-corrected chi connectivity index (χ4v) is 8.42. The molecule has 0 aromatic rings. The van der Waals surface area contributed by atoms with Crippen LogP contribution in [0, 0.1) is 41.4 Å². The number of hydrogen-bond acceptors (Lipinski definition) is 3. The SMILES string of the molecule is CC(C)CCC1CCC(C2CCN(CCCN3CCC(C4CCN(CCC(C)C)CC4)CC3)CC2)CC1. The predicted octanol–water partition coefficient (Wildman–Crippen LogP) is 7.80. The molecule has 3 heteroatoms. The Morgan fingerprint density at radius 1 is 0.459 bits per heavy atom. The molecule has 0 spiro atoms. The first-order valence-corrected chi connectivity index (χ1v) is 17.1. The van der Waals surface area contributed by atoms with Crippen LogP contribution in [0.2, 0.25) is 0 Å². The van der Waals surface area contributed by atoms with Crippen LogP contribution in [-0.2, 0) is 0 Å². The Hall–Kier alpha value is -0.120. The highest BCUT2D eigenvalue weighted by Gasteiger charge is 2.31. The van der Waals surface area contributed by atoms with Crippen LogP contribution in [0.1, 0.15) is 118 Å². The lowest BCUT2D eigenvalue weighted by Crippen LogP contribution is -2.42. The molecule has 3 aliphatic heterocycles. The monoisotopic (exact) mass is 516 g/mol. The molecule has 1 saturated carbocycles. The maximum absolute atomic E-state index is 2.81. The molecule has 0 atom stereocenters. The third-order valence-corrected chi connectivity index (χ3v) is 11.2. The summed E-state index contributed by atoms with van der Waals surface area (Å²) in [5.74, 6) is 6.94. The zero-order valence-electron chi connectivity index (χ0n) is 25.6. The second-order valence-electron chi connectivity index (χ2n) is 14.8. The summed E-state index contributed by atoms with van der Waals surface area (Å²) in [4.78, 5) is 8.36. The standard InChI is InChI=1S/C34H65N3/c1-28(2)6-7-30-8-10-31(11-9-30)32-13-22-35(23-14-32)19-5-20-36-24-15-33(16-25-36)34-17-26-37(27-18-34)21-12-29(3)4/h28-34H,5-27H2,1-4H3. The molecule has 4 rings (SSSR count). The lowest BCUT2D eigenvalue weighted by molar-refractivity contribution is 0.0877. The van der Waals surface area contributed by atoms with E-state index in [4.69, 9.17) is 0 Å². The van der Waals surface area contributed by atoms with Gasteiger partial charge in [0.05, 0.1) is 0 Å². The van der Waals surface area contributed by atoms with Crippen molar-refractivity contribution < 1.29 is 0 Å². The van der Waals surface area contributed by atoms with E-state index < -0.39 is 0 Å². The number of nitrogens with zero attached hydrogens (tertiary/aromatic N) is 3. The molecular weight excluding hydrogens is 450 g/mol. The van der Waals surface area contributed by atoms with Crippen molar-refractivity contribution in [2.45, 2.75) is 118 Å². The molecule has 0 radical (unpaired) electrons. The van der Waals surface area contributed by atoms with E-state index in [2.05, 4.69) is 42.4 Å². The van der Waals surface area contributed by atoms with Crippen molar-refractivity contribution in [3.63, 3.8) is 0 Å². The lowest BCUT2D eigenvalue weighted by Gasteiger charge is -2.41. The van der Waals surface area contributed by atoms with Crippen molar-refractivity contribution in [2.24, 2.45) is 41.4 Å². The van der Waals surface area contributed by atoms with Crippen molar-refractivity contribution in [1.82, 2.24) is 14.7 Å². The van der Waals surface area contributed by atoms with Gasteiger partial charge in [0.2, 0.25) is 0 Å². The lowest BCUT2D eigenvalue weighted by atomic mass is 9.71. The Bertz CT molecular complexity index is 534. The van der Waals surface area contributed by atoms with Crippen LogP contribution >= 0.6 is 0 Å². The van der Waals surface area contributed by atoms with Gasteiger partial charge in [-0.1, -0.05) is 53.4 Å². The number of likely N-dealkylation sites (tertiary alicyclic amines) is 3. The van der Waals surface area contributed by atoms with Crippen LogP contribution in [-0.4, -0.2) is 73.6 Å². The normalized spacial score (nSPS) is 29.0. The summed E-state index contributed by atoms with van der Waals surface area (Å²) >= 11 is 0. The number of piperidine rings is 3. The third-order valence-electron chi connectivity index (χ3n) is 11.2. The number of rotatable bonds is 12. The maximum Gasteiger partial charge on any atom is -0.000654 e. The second-order valence-corrected chi connectivity index (χ2v) is 14.8. The minimum Gasteiger partial charge on any atom is -0.303 e. The van der Waals surface area contributed by atoms with Crippen molar-refractivity contribution in [2.75, 3.05) is 58.9 Å². The van der Waals surface area contributed by atoms with E-state index in [9.17, 15) is 0 Å². The minimum atomic E-state index is 0.850. The van der Waals surface area contributed by atoms with Crippen LogP contribution in [0.4, 0.5) is 0 Å². The van der Waals surface area contributed by atoms with Gasteiger partial charge in [0.15, 0.2) is 0 Å². The summed E-state index contributed by atoms with van der Waals surface area (Å²) in [5, 5.41) is 0. The Morgan fingerprint density at radius 2 is 0.838 bits per heavy atom. The molecular formula is C34H65N3. The van der Waals surface area contributed by atoms with E-state index in [1.54, 1.807) is 12.8 Å². The second kappa shape index (κ2) is 15.6. The minimum absolute atomic E-state index is 0.850. The Morgan fingerprint density at radius 3 is 1.24 bits per heavy atom. The zero-order valence-corrected chi connectivity index (χ0v) is 25.6. The Balaban J connectivity index is 1.02. The van der Waals surface area contributed by atoms with Crippen LogP contribution < -0.4 is 0 Å². The van der Waals surface area contributed by atoms with Crippen LogP contribution in [0.15, 0.2) is 0 Å². The highest BCUT2D eigenvalue weighted by molar-refractivity contribution is 4.84. The van der Waals surface area contributed by atoms with Gasteiger partial charge < -0.3 is 14.7 Å². The van der Waals surface area contributed by atoms with Gasteiger partial charge in [0.25, 0.3) is 0 Å². The average molecular weight is 516 g/mol. The van der Waals surface area contributed by atoms with Gasteiger partial charge >= 0.3 is 0 Å². The van der Waals surface area contributed by atoms with Gasteiger partial charge in [-0.2, -0.15) is 0 Å². The quantitative estimate of drug-likeness (QED) is 0.262. The summed E-state index contributed by atoms with van der Waals surface area (Å²) in [6.45, 7) is 21.8. The highest BCUT2D eigenvalue weighted by Crippen LogP contribution is 2.39. The molecule has 0 unspecified atom stereocenters. The largest absolute Gasteiger partial charge is 0.303 e. The molecule has 3 heterocycles. The fourth-order valence-electron chi connectivity index (χ4n) is 8.42. The number of hydrogen-bond donors (Lipinski definition) is 0. The van der Waals surface area contributed by atoms with Crippen LogP contribution in [0.3, 0.4) is 0 Å². The highest BCUT2D eigenvalue weighted by atomic mass is 15.2. The van der Waals surface area contributed by atoms with Gasteiger partial charge in [-0.05, 0) is 165 Å². The first-order valence-electron chi connectivity index (χ1n) is 17.1. The van der Waals surface area contributed by atoms with E-state index in [1.807, 2.05) is 0 Å². The summed E-state index contributed by atoms with van der Waals surface area (Å²) in [5.41, 5.74) is 0. The summed E-state index contributed by atoms with van der Waals surface area (Å²) < 4.78 is 0. The van der Waals surface area contributed by atoms with E-state index in [1.165, 1.54) is 136 Å². The van der Waals surface area contributed by atoms with Gasteiger partial charge in [0.1, 0.15) is 0 Å². The van der Waals surface area contributed by atoms with Crippen LogP contribution in [0.5, 0.6) is 0 Å². The molecule has 0 amide bonds. The van der Waals surface area contributed by atoms with E-state index >= 15 is 0 Å². The molecule has 216 valence electrons. The van der Waals surface area contributed by atoms with Crippen molar-refractivity contribution in [3.05, 3.63) is 0 Å². The summed E-state index contributed by atoms with van der Waals surface area (Å²) in [6.07, 6.45) is 20.7. The van der Waals surface area contributed by atoms with Gasteiger partial charge in [0, 0.05) is 0 Å². The van der Waals surface area contributed by atoms with E-state index in [-0.39, 0.29) is 0 Å². The molecule has 0 aromatic carbocycles. The molecule has 0 bridgehead atoms. The topological polar surface area (TPSA) is 9.72 Å². The average Bonchev–Trinajstić information content (AvgIpc) is 2.92. The third kappa shape index (κ3) is 10.1. The molecule has 0 N–H and O–H groups in total. The first kappa shape index (κ1) is 29.9. The van der Waals surface area contributed by atoms with E-state index in [0.29, 0.717) is 0 Å². The fraction of sp³-hybridized carbons (Fsp3) is 1.00. The summed E-state index contributed by atoms with van der Waals surface area (Å²) in [6, 6.07) is 0. The Labute approximate surface area is 232 Å². The maximum atomic E-state index is 2.81. The van der Waals surface area contributed by atoms with Crippen molar-refractivity contribution in [1.29, 1.82) is 0 Å². The van der Waals surface area contributed by atoms with Gasteiger partial charge in [-0.3, -0.25) is 0 Å². The van der Waals surface area contributed by atoms with Gasteiger partial charge in [-0.25, -0.2) is 0 Å². The van der Waals surface area contributed by atoms with Crippen molar-refractivity contribution >= 4 is 0 Å². The van der Waals surface area contributed by atoms with Gasteiger partial charge in [-0.15, -0.1) is 0 Å². The molecule has 3 saturated heterocycles. The molecule has 3 nitrogen and oxygen atoms in total. The molecule has 1 aliphatic carbocycles. The molecule has 37 heavy (non-hydrogen) atoms. The molecule has 4 aliphatic rings. The predicted molar refractivity (Wildman–Crippen MR) is 161 cm³/mol. The first-order chi connectivity index (χ1) is 18.0. The van der Waals surface area contributed by atoms with Crippen molar-refractivity contribution in [3.8, 4) is 0 Å². The van der Waals surface area contributed by atoms with E-state index in [0.717, 1.165) is 41.4 Å². The van der Waals surface area contributed by atoms with Crippen LogP contribution in [0.25, 0.3) is 0 Å². The smallest absolute Gasteiger partial charge is 0.000654 e.